The van der Waals surface area contributed by atoms with Crippen LogP contribution in [0.4, 0.5) is 17.2 Å². The number of nitro benzene ring substituents is 1. The molecule has 1 amide bonds. The van der Waals surface area contributed by atoms with Crippen LogP contribution in [0.5, 0.6) is 11.5 Å². The third-order valence-electron chi connectivity index (χ3n) is 4.60. The number of carbonyl (C=O) groups excluding carboxylic acids is 1. The lowest BCUT2D eigenvalue weighted by molar-refractivity contribution is -0.384. The van der Waals surface area contributed by atoms with E-state index in [1.807, 2.05) is 31.2 Å². The summed E-state index contributed by atoms with van der Waals surface area (Å²) >= 11 is 1.15. The highest BCUT2D eigenvalue weighted by molar-refractivity contribution is 7.99. The molecule has 2 aromatic carbocycles. The fourth-order valence-electron chi connectivity index (χ4n) is 3.19. The Morgan fingerprint density at radius 1 is 1.19 bits per heavy atom. The van der Waals surface area contributed by atoms with Gasteiger partial charge in [0.05, 0.1) is 35.5 Å². The Bertz CT molecular complexity index is 1170. The van der Waals surface area contributed by atoms with Crippen molar-refractivity contribution < 1.29 is 19.2 Å². The first-order valence-electron chi connectivity index (χ1n) is 10.1. The molecule has 0 bridgehead atoms. The molecular formula is C21H21N5O5S. The number of aromatic nitrogens is 2. The Hall–Kier alpha value is -3.60. The molecule has 0 saturated carbocycles. The Balaban J connectivity index is 1.51. The minimum Gasteiger partial charge on any atom is -0.489 e. The molecule has 3 aromatic rings. The van der Waals surface area contributed by atoms with Crippen molar-refractivity contribution >= 4 is 45.8 Å². The van der Waals surface area contributed by atoms with Crippen molar-refractivity contribution in [3.05, 3.63) is 46.5 Å². The number of anilines is 2. The second-order valence-corrected chi connectivity index (χ2v) is 7.81. The van der Waals surface area contributed by atoms with Crippen LogP contribution in [0.2, 0.25) is 0 Å². The first-order chi connectivity index (χ1) is 15.5. The molecule has 1 aromatic heterocycles. The fourth-order valence-corrected chi connectivity index (χ4v) is 3.84. The number of hydrogen-bond donors (Lipinski definition) is 2. The second kappa shape index (κ2) is 9.69. The van der Waals surface area contributed by atoms with E-state index in [1.54, 1.807) is 0 Å². The van der Waals surface area contributed by atoms with Gasteiger partial charge < -0.3 is 20.1 Å². The van der Waals surface area contributed by atoms with Gasteiger partial charge in [-0.25, -0.2) is 9.97 Å². The molecule has 0 saturated heterocycles. The molecule has 11 heteroatoms. The number of benzene rings is 2. The predicted molar refractivity (Wildman–Crippen MR) is 122 cm³/mol. The summed E-state index contributed by atoms with van der Waals surface area (Å²) in [6.07, 6.45) is 0.668. The third kappa shape index (κ3) is 4.83. The number of fused-ring (bicyclic) bond motifs is 2. The first-order valence-corrected chi connectivity index (χ1v) is 11.0. The van der Waals surface area contributed by atoms with Crippen molar-refractivity contribution in [1.82, 2.24) is 9.97 Å². The van der Waals surface area contributed by atoms with Crippen LogP contribution in [0.1, 0.15) is 13.3 Å². The number of amides is 1. The Kier molecular flexibility index (Phi) is 6.55. The molecule has 0 spiro atoms. The second-order valence-electron chi connectivity index (χ2n) is 6.86. The van der Waals surface area contributed by atoms with Crippen molar-refractivity contribution in [2.24, 2.45) is 0 Å². The van der Waals surface area contributed by atoms with Crippen LogP contribution >= 0.6 is 11.8 Å². The normalized spacial score (nSPS) is 12.8. The molecule has 0 fully saturated rings. The van der Waals surface area contributed by atoms with Crippen molar-refractivity contribution in [2.45, 2.75) is 18.5 Å². The molecule has 0 unspecified atom stereocenters. The zero-order chi connectivity index (χ0) is 22.5. The molecule has 2 N–H and O–H groups in total. The third-order valence-corrected chi connectivity index (χ3v) is 5.44. The molecule has 10 nitrogen and oxygen atoms in total. The molecule has 0 radical (unpaired) electrons. The highest BCUT2D eigenvalue weighted by Crippen LogP contribution is 2.39. The van der Waals surface area contributed by atoms with Gasteiger partial charge in [0.1, 0.15) is 11.5 Å². The number of ether oxygens (including phenoxy) is 2. The van der Waals surface area contributed by atoms with Crippen LogP contribution in [0.25, 0.3) is 10.9 Å². The number of nitrogens with zero attached hydrogens (tertiary/aromatic N) is 3. The fraction of sp³-hybridized carbons (Fsp3) is 0.286. The summed E-state index contributed by atoms with van der Waals surface area (Å²) in [6.45, 7) is 3.51. The summed E-state index contributed by atoms with van der Waals surface area (Å²) in [5.41, 5.74) is 0.557. The molecule has 1 aliphatic rings. The Morgan fingerprint density at radius 3 is 2.69 bits per heavy atom. The smallest absolute Gasteiger partial charge is 0.296 e. The van der Waals surface area contributed by atoms with Gasteiger partial charge in [0.15, 0.2) is 16.7 Å². The van der Waals surface area contributed by atoms with E-state index in [2.05, 4.69) is 20.6 Å². The van der Waals surface area contributed by atoms with E-state index in [-0.39, 0.29) is 17.1 Å². The van der Waals surface area contributed by atoms with E-state index in [0.717, 1.165) is 22.7 Å². The minimum absolute atomic E-state index is 0.0184. The van der Waals surface area contributed by atoms with Crippen LogP contribution < -0.4 is 20.1 Å². The van der Waals surface area contributed by atoms with Gasteiger partial charge in [-0.1, -0.05) is 23.9 Å². The van der Waals surface area contributed by atoms with E-state index in [0.29, 0.717) is 48.7 Å². The monoisotopic (exact) mass is 455 g/mol. The highest BCUT2D eigenvalue weighted by atomic mass is 32.2. The first kappa shape index (κ1) is 21.6. The van der Waals surface area contributed by atoms with Gasteiger partial charge in [-0.15, -0.1) is 0 Å². The van der Waals surface area contributed by atoms with Crippen molar-refractivity contribution in [3.8, 4) is 11.5 Å². The minimum atomic E-state index is -0.563. The maximum atomic E-state index is 12.6. The Morgan fingerprint density at radius 2 is 1.94 bits per heavy atom. The highest BCUT2D eigenvalue weighted by Gasteiger charge is 2.23. The van der Waals surface area contributed by atoms with Gasteiger partial charge in [0, 0.05) is 24.4 Å². The molecular weight excluding hydrogens is 434 g/mol. The summed E-state index contributed by atoms with van der Waals surface area (Å²) in [5.74, 6) is 0.912. The van der Waals surface area contributed by atoms with Crippen LogP contribution in [0.3, 0.4) is 0 Å². The summed E-state index contributed by atoms with van der Waals surface area (Å²) in [6, 6.07) is 10.3. The van der Waals surface area contributed by atoms with Crippen molar-refractivity contribution in [1.29, 1.82) is 0 Å². The zero-order valence-electron chi connectivity index (χ0n) is 17.3. The topological polar surface area (TPSA) is 129 Å². The Labute approximate surface area is 187 Å². The number of nitrogens with one attached hydrogen (secondary N) is 2. The van der Waals surface area contributed by atoms with E-state index in [4.69, 9.17) is 9.47 Å². The van der Waals surface area contributed by atoms with Crippen molar-refractivity contribution in [2.75, 3.05) is 36.1 Å². The lowest BCUT2D eigenvalue weighted by Crippen LogP contribution is -2.16. The van der Waals surface area contributed by atoms with Gasteiger partial charge in [-0.2, -0.15) is 0 Å². The number of hydrogen-bond acceptors (Lipinski definition) is 9. The predicted octanol–water partition coefficient (Wildman–Crippen LogP) is 3.86. The van der Waals surface area contributed by atoms with E-state index >= 15 is 0 Å². The number of carbonyl (C=O) groups is 1. The summed E-state index contributed by atoms with van der Waals surface area (Å²) in [4.78, 5) is 32.5. The maximum absolute atomic E-state index is 12.6. The summed E-state index contributed by atoms with van der Waals surface area (Å²) < 4.78 is 11.1. The number of nitro groups is 1. The van der Waals surface area contributed by atoms with Gasteiger partial charge in [0.2, 0.25) is 5.91 Å². The summed E-state index contributed by atoms with van der Waals surface area (Å²) in [7, 11) is 0. The van der Waals surface area contributed by atoms with Crippen LogP contribution in [0.15, 0.2) is 41.6 Å². The average molecular weight is 455 g/mol. The van der Waals surface area contributed by atoms with Gasteiger partial charge in [-0.05, 0) is 19.1 Å². The number of rotatable bonds is 7. The van der Waals surface area contributed by atoms with Crippen LogP contribution in [-0.4, -0.2) is 46.3 Å². The zero-order valence-corrected chi connectivity index (χ0v) is 18.1. The van der Waals surface area contributed by atoms with E-state index in [1.165, 1.54) is 12.1 Å². The SMILES string of the molecule is CCNc1nc(SCC(=O)Nc2cc3c(cc2[N+](=O)[O-])OCCCO3)nc2ccccc12. The molecule has 0 atom stereocenters. The number of thioether (sulfide) groups is 1. The van der Waals surface area contributed by atoms with Crippen LogP contribution in [-0.2, 0) is 4.79 Å². The molecule has 1 aliphatic heterocycles. The standard InChI is InChI=1S/C21H21N5O5S/c1-2-22-20-13-6-3-4-7-14(13)24-21(25-20)32-12-19(27)23-15-10-17-18(11-16(15)26(28)29)31-9-5-8-30-17/h3-4,6-7,10-11H,2,5,8-9,12H2,1H3,(H,23,27)(H,22,24,25). The van der Waals surface area contributed by atoms with Crippen LogP contribution in [0, 0.1) is 10.1 Å². The average Bonchev–Trinajstić information content (AvgIpc) is 3.02. The lowest BCUT2D eigenvalue weighted by atomic mass is 10.2. The van der Waals surface area contributed by atoms with Gasteiger partial charge in [0.25, 0.3) is 5.69 Å². The van der Waals surface area contributed by atoms with E-state index < -0.39 is 10.8 Å². The largest absolute Gasteiger partial charge is 0.489 e. The van der Waals surface area contributed by atoms with Gasteiger partial charge >= 0.3 is 0 Å². The molecule has 2 heterocycles. The lowest BCUT2D eigenvalue weighted by Gasteiger charge is -2.11. The molecule has 166 valence electrons. The quantitative estimate of drug-likeness (QED) is 0.236. The van der Waals surface area contributed by atoms with Crippen molar-refractivity contribution in [3.63, 3.8) is 0 Å². The molecule has 0 aliphatic carbocycles. The van der Waals surface area contributed by atoms with Gasteiger partial charge in [-0.3, -0.25) is 14.9 Å². The summed E-state index contributed by atoms with van der Waals surface area (Å²) in [5, 5.41) is 18.6. The molecule has 32 heavy (non-hydrogen) atoms. The van der Waals surface area contributed by atoms with E-state index in [9.17, 15) is 14.9 Å². The number of para-hydroxylation sites is 1. The molecule has 4 rings (SSSR count). The maximum Gasteiger partial charge on any atom is 0.296 e.